The average Bonchev–Trinajstić information content (AvgIpc) is 2.76. The highest BCUT2D eigenvalue weighted by molar-refractivity contribution is 5.80. The summed E-state index contributed by atoms with van der Waals surface area (Å²) in [6.07, 6.45) is 1.97. The highest BCUT2D eigenvalue weighted by atomic mass is 19.1. The first-order chi connectivity index (χ1) is 8.74. The Kier molecular flexibility index (Phi) is 2.52. The molecule has 0 aliphatic rings. The van der Waals surface area contributed by atoms with Crippen LogP contribution in [0.2, 0.25) is 0 Å². The van der Waals surface area contributed by atoms with E-state index in [0.717, 1.165) is 10.9 Å². The molecule has 0 fully saturated rings. The highest BCUT2D eigenvalue weighted by Gasteiger charge is 2.05. The molecule has 1 aromatic heterocycles. The fourth-order valence-electron chi connectivity index (χ4n) is 2.15. The molecule has 0 atom stereocenters. The molecule has 18 heavy (non-hydrogen) atoms. The van der Waals surface area contributed by atoms with Gasteiger partial charge in [0, 0.05) is 23.0 Å². The molecule has 0 radical (unpaired) electrons. The maximum atomic E-state index is 13.7. The summed E-state index contributed by atoms with van der Waals surface area (Å²) < 4.78 is 15.8. The molecule has 90 valence electrons. The lowest BCUT2D eigenvalue weighted by Gasteiger charge is -2.07. The fourth-order valence-corrected chi connectivity index (χ4v) is 2.15. The summed E-state index contributed by atoms with van der Waals surface area (Å²) in [7, 11) is 0. The number of fused-ring (bicyclic) bond motifs is 1. The van der Waals surface area contributed by atoms with Crippen LogP contribution in [0.5, 0.6) is 0 Å². The van der Waals surface area contributed by atoms with Crippen molar-refractivity contribution in [2.24, 2.45) is 0 Å². The zero-order chi connectivity index (χ0) is 12.5. The van der Waals surface area contributed by atoms with Crippen molar-refractivity contribution in [3.05, 3.63) is 66.1 Å². The Morgan fingerprint density at radius 3 is 2.72 bits per heavy atom. The van der Waals surface area contributed by atoms with Gasteiger partial charge in [-0.3, -0.25) is 0 Å². The van der Waals surface area contributed by atoms with Crippen LogP contribution < -0.4 is 5.73 Å². The van der Waals surface area contributed by atoms with Gasteiger partial charge >= 0.3 is 0 Å². The number of anilines is 1. The average molecular weight is 240 g/mol. The van der Waals surface area contributed by atoms with Gasteiger partial charge in [-0.2, -0.15) is 0 Å². The molecule has 0 amide bonds. The van der Waals surface area contributed by atoms with Crippen LogP contribution in [0.1, 0.15) is 5.56 Å². The SMILES string of the molecule is Nc1ccc(Cn2ccc3ccccc32)c(F)c1. The van der Waals surface area contributed by atoms with Crippen molar-refractivity contribution in [3.63, 3.8) is 0 Å². The summed E-state index contributed by atoms with van der Waals surface area (Å²) >= 11 is 0. The Balaban J connectivity index is 2.01. The van der Waals surface area contributed by atoms with Crippen molar-refractivity contribution >= 4 is 16.6 Å². The van der Waals surface area contributed by atoms with E-state index in [9.17, 15) is 4.39 Å². The number of nitrogen functional groups attached to an aromatic ring is 1. The van der Waals surface area contributed by atoms with Crippen LogP contribution in [0.25, 0.3) is 10.9 Å². The van der Waals surface area contributed by atoms with Gasteiger partial charge in [-0.25, -0.2) is 4.39 Å². The third kappa shape index (κ3) is 1.84. The van der Waals surface area contributed by atoms with Gasteiger partial charge in [-0.1, -0.05) is 24.3 Å². The van der Waals surface area contributed by atoms with Crippen LogP contribution in [-0.2, 0) is 6.54 Å². The third-order valence-corrected chi connectivity index (χ3v) is 3.10. The summed E-state index contributed by atoms with van der Waals surface area (Å²) in [5.74, 6) is -0.257. The summed E-state index contributed by atoms with van der Waals surface area (Å²) in [6, 6.07) is 14.9. The Labute approximate surface area is 104 Å². The second kappa shape index (κ2) is 4.18. The van der Waals surface area contributed by atoms with Gasteiger partial charge in [0.15, 0.2) is 0 Å². The lowest BCUT2D eigenvalue weighted by molar-refractivity contribution is 0.603. The first-order valence-corrected chi connectivity index (χ1v) is 5.82. The molecule has 1 heterocycles. The molecule has 0 saturated heterocycles. The van der Waals surface area contributed by atoms with Gasteiger partial charge in [0.2, 0.25) is 0 Å². The lowest BCUT2D eigenvalue weighted by atomic mass is 10.2. The molecular formula is C15H13FN2. The van der Waals surface area contributed by atoms with Crippen molar-refractivity contribution < 1.29 is 4.39 Å². The highest BCUT2D eigenvalue weighted by Crippen LogP contribution is 2.19. The second-order valence-electron chi connectivity index (χ2n) is 4.35. The number of hydrogen-bond donors (Lipinski definition) is 1. The topological polar surface area (TPSA) is 30.9 Å². The van der Waals surface area contributed by atoms with Crippen molar-refractivity contribution in [2.45, 2.75) is 6.54 Å². The van der Waals surface area contributed by atoms with E-state index in [4.69, 9.17) is 5.73 Å². The van der Waals surface area contributed by atoms with Crippen LogP contribution in [0.15, 0.2) is 54.7 Å². The molecule has 0 bridgehead atoms. The van der Waals surface area contributed by atoms with Gasteiger partial charge in [-0.05, 0) is 29.7 Å². The van der Waals surface area contributed by atoms with Crippen LogP contribution in [0.4, 0.5) is 10.1 Å². The molecule has 0 unspecified atom stereocenters. The molecule has 2 nitrogen and oxygen atoms in total. The van der Waals surface area contributed by atoms with E-state index < -0.39 is 0 Å². The van der Waals surface area contributed by atoms with Crippen LogP contribution in [-0.4, -0.2) is 4.57 Å². The molecule has 0 spiro atoms. The number of rotatable bonds is 2. The Bertz CT molecular complexity index is 701. The Morgan fingerprint density at radius 1 is 1.06 bits per heavy atom. The molecule has 3 rings (SSSR count). The molecule has 2 N–H and O–H groups in total. The smallest absolute Gasteiger partial charge is 0.130 e. The van der Waals surface area contributed by atoms with Gasteiger partial charge in [0.1, 0.15) is 5.82 Å². The second-order valence-corrected chi connectivity index (χ2v) is 4.35. The van der Waals surface area contributed by atoms with Crippen LogP contribution >= 0.6 is 0 Å². The lowest BCUT2D eigenvalue weighted by Crippen LogP contribution is -2.01. The molecule has 0 saturated carbocycles. The Hall–Kier alpha value is -2.29. The molecule has 0 aliphatic carbocycles. The molecule has 3 heteroatoms. The quantitative estimate of drug-likeness (QED) is 0.684. The van der Waals surface area contributed by atoms with E-state index in [0.29, 0.717) is 17.8 Å². The number of nitrogens with zero attached hydrogens (tertiary/aromatic N) is 1. The standard InChI is InChI=1S/C15H13FN2/c16-14-9-13(17)6-5-12(14)10-18-8-7-11-3-1-2-4-15(11)18/h1-9H,10,17H2. The first-order valence-electron chi connectivity index (χ1n) is 5.82. The molecule has 2 aromatic carbocycles. The zero-order valence-electron chi connectivity index (χ0n) is 9.81. The summed E-state index contributed by atoms with van der Waals surface area (Å²) in [5.41, 5.74) is 7.75. The Morgan fingerprint density at radius 2 is 1.89 bits per heavy atom. The largest absolute Gasteiger partial charge is 0.399 e. The van der Waals surface area contributed by atoms with E-state index in [1.54, 1.807) is 12.1 Å². The zero-order valence-corrected chi connectivity index (χ0v) is 9.81. The number of benzene rings is 2. The number of aromatic nitrogens is 1. The van der Waals surface area contributed by atoms with Crippen LogP contribution in [0, 0.1) is 5.82 Å². The summed E-state index contributed by atoms with van der Waals surface area (Å²) in [4.78, 5) is 0. The van der Waals surface area contributed by atoms with E-state index in [-0.39, 0.29) is 5.82 Å². The van der Waals surface area contributed by atoms with Crippen molar-refractivity contribution in [1.29, 1.82) is 0 Å². The minimum atomic E-state index is -0.257. The predicted molar refractivity (Wildman–Crippen MR) is 71.9 cm³/mol. The van der Waals surface area contributed by atoms with Crippen molar-refractivity contribution in [1.82, 2.24) is 4.57 Å². The van der Waals surface area contributed by atoms with Crippen LogP contribution in [0.3, 0.4) is 0 Å². The number of nitrogens with two attached hydrogens (primary N) is 1. The van der Waals surface area contributed by atoms with E-state index >= 15 is 0 Å². The number of hydrogen-bond acceptors (Lipinski definition) is 1. The maximum absolute atomic E-state index is 13.7. The van der Waals surface area contributed by atoms with E-state index in [1.165, 1.54) is 6.07 Å². The summed E-state index contributed by atoms with van der Waals surface area (Å²) in [5, 5.41) is 1.16. The monoisotopic (exact) mass is 240 g/mol. The van der Waals surface area contributed by atoms with Gasteiger partial charge in [0.05, 0.1) is 6.54 Å². The van der Waals surface area contributed by atoms with E-state index in [1.807, 2.05) is 41.1 Å². The maximum Gasteiger partial charge on any atom is 0.130 e. The van der Waals surface area contributed by atoms with E-state index in [2.05, 4.69) is 0 Å². The summed E-state index contributed by atoms with van der Waals surface area (Å²) in [6.45, 7) is 0.514. The number of halogens is 1. The minimum Gasteiger partial charge on any atom is -0.399 e. The third-order valence-electron chi connectivity index (χ3n) is 3.10. The molecular weight excluding hydrogens is 227 g/mol. The number of para-hydroxylation sites is 1. The van der Waals surface area contributed by atoms with Gasteiger partial charge in [-0.15, -0.1) is 0 Å². The minimum absolute atomic E-state index is 0.257. The van der Waals surface area contributed by atoms with Gasteiger partial charge in [0.25, 0.3) is 0 Å². The predicted octanol–water partition coefficient (Wildman–Crippen LogP) is 3.41. The normalized spacial score (nSPS) is 10.9. The van der Waals surface area contributed by atoms with Crippen molar-refractivity contribution in [3.8, 4) is 0 Å². The molecule has 0 aliphatic heterocycles. The molecule has 3 aromatic rings. The van der Waals surface area contributed by atoms with Crippen molar-refractivity contribution in [2.75, 3.05) is 5.73 Å². The first kappa shape index (κ1) is 10.8. The van der Waals surface area contributed by atoms with Gasteiger partial charge < -0.3 is 10.3 Å². The fraction of sp³-hybridized carbons (Fsp3) is 0.0667.